The molecule has 2 saturated heterocycles. The minimum atomic E-state index is -0.582. The van der Waals surface area contributed by atoms with E-state index >= 15 is 0 Å². The fourth-order valence-corrected chi connectivity index (χ4v) is 6.14. The minimum absolute atomic E-state index is 0.134. The van der Waals surface area contributed by atoms with Gasteiger partial charge in [0.2, 0.25) is 11.8 Å². The van der Waals surface area contributed by atoms with Crippen LogP contribution >= 0.6 is 11.6 Å². The number of nitrogens with zero attached hydrogens (tertiary/aromatic N) is 3. The van der Waals surface area contributed by atoms with E-state index in [1.165, 1.54) is 0 Å². The van der Waals surface area contributed by atoms with Crippen LogP contribution in [0.2, 0.25) is 5.02 Å². The largest absolute Gasteiger partial charge is 0.370 e. The van der Waals surface area contributed by atoms with Crippen LogP contribution in [0, 0.1) is 5.92 Å². The van der Waals surface area contributed by atoms with Crippen molar-refractivity contribution in [3.63, 3.8) is 0 Å². The van der Waals surface area contributed by atoms with Gasteiger partial charge in [-0.05, 0) is 73.2 Å². The third-order valence-electron chi connectivity index (χ3n) is 8.20. The summed E-state index contributed by atoms with van der Waals surface area (Å²) in [4.78, 5) is 45.3. The molecule has 1 atom stereocenters. The van der Waals surface area contributed by atoms with Gasteiger partial charge in [-0.15, -0.1) is 0 Å². The lowest BCUT2D eigenvalue weighted by molar-refractivity contribution is -0.136. The highest BCUT2D eigenvalue weighted by Gasteiger charge is 2.39. The molecule has 6 rings (SSSR count). The number of benzene rings is 2. The lowest BCUT2D eigenvalue weighted by atomic mass is 9.96. The summed E-state index contributed by atoms with van der Waals surface area (Å²) in [5.74, 6) is -0.180. The molecule has 0 saturated carbocycles. The maximum atomic E-state index is 12.9. The summed E-state index contributed by atoms with van der Waals surface area (Å²) in [7, 11) is 0. The summed E-state index contributed by atoms with van der Waals surface area (Å²) < 4.78 is 0. The second kappa shape index (κ2) is 11.4. The summed E-state index contributed by atoms with van der Waals surface area (Å²) in [6.07, 6.45) is 4.82. The number of aromatic nitrogens is 1. The Labute approximate surface area is 238 Å². The Balaban J connectivity index is 0.973. The number of hydrogen-bond acceptors (Lipinski definition) is 6. The van der Waals surface area contributed by atoms with Crippen LogP contribution in [0.5, 0.6) is 0 Å². The van der Waals surface area contributed by atoms with Gasteiger partial charge in [-0.1, -0.05) is 35.9 Å². The van der Waals surface area contributed by atoms with Crippen LogP contribution < -0.4 is 15.5 Å². The summed E-state index contributed by atoms with van der Waals surface area (Å²) >= 11 is 6.12. The van der Waals surface area contributed by atoms with Crippen LogP contribution in [0.15, 0.2) is 60.8 Å². The van der Waals surface area contributed by atoms with Crippen LogP contribution in [0.3, 0.4) is 0 Å². The van der Waals surface area contributed by atoms with Gasteiger partial charge in [0.1, 0.15) is 6.04 Å². The Morgan fingerprint density at radius 3 is 2.60 bits per heavy atom. The second-order valence-electron chi connectivity index (χ2n) is 10.9. The van der Waals surface area contributed by atoms with Crippen LogP contribution in [0.4, 0.5) is 5.69 Å². The molecule has 8 nitrogen and oxygen atoms in total. The number of halogens is 1. The molecule has 40 heavy (non-hydrogen) atoms. The number of anilines is 1. The second-order valence-corrected chi connectivity index (χ2v) is 11.3. The number of carbonyl (C=O) groups is 3. The average molecular weight is 558 g/mol. The van der Waals surface area contributed by atoms with Crippen molar-refractivity contribution in [1.29, 1.82) is 0 Å². The highest BCUT2D eigenvalue weighted by molar-refractivity contribution is 6.30. The Kier molecular flexibility index (Phi) is 7.54. The van der Waals surface area contributed by atoms with Gasteiger partial charge in [-0.25, -0.2) is 0 Å². The topological polar surface area (TPSA) is 94.6 Å². The number of pyridine rings is 1. The van der Waals surface area contributed by atoms with Gasteiger partial charge in [-0.2, -0.15) is 0 Å². The van der Waals surface area contributed by atoms with E-state index in [0.29, 0.717) is 29.5 Å². The number of imide groups is 1. The zero-order valence-corrected chi connectivity index (χ0v) is 23.0. The van der Waals surface area contributed by atoms with E-state index in [9.17, 15) is 14.4 Å². The lowest BCUT2D eigenvalue weighted by Gasteiger charge is -2.33. The summed E-state index contributed by atoms with van der Waals surface area (Å²) in [6, 6.07) is 17.3. The molecule has 4 heterocycles. The number of rotatable bonds is 7. The molecule has 9 heteroatoms. The first-order valence-electron chi connectivity index (χ1n) is 13.9. The molecule has 1 aromatic heterocycles. The molecule has 3 aliphatic rings. The fraction of sp³-hybridized carbons (Fsp3) is 0.355. The predicted octanol–water partition coefficient (Wildman–Crippen LogP) is 4.17. The summed E-state index contributed by atoms with van der Waals surface area (Å²) in [5.41, 5.74) is 5.81. The Morgan fingerprint density at radius 1 is 1.00 bits per heavy atom. The number of piperidine rings is 2. The van der Waals surface area contributed by atoms with Crippen LogP contribution in [0.1, 0.15) is 47.2 Å². The van der Waals surface area contributed by atoms with Crippen molar-refractivity contribution in [2.45, 2.75) is 44.8 Å². The van der Waals surface area contributed by atoms with E-state index < -0.39 is 6.04 Å². The highest BCUT2D eigenvalue weighted by Crippen LogP contribution is 2.29. The van der Waals surface area contributed by atoms with E-state index in [4.69, 9.17) is 11.6 Å². The smallest absolute Gasteiger partial charge is 0.255 e. The van der Waals surface area contributed by atoms with Crippen molar-refractivity contribution in [1.82, 2.24) is 20.5 Å². The standard InChI is InChI=1S/C31H32ClN5O3/c32-24-3-1-2-22(15-24)27-7-5-25(18-34-27)36-12-10-20(11-13-36)16-33-17-21-4-6-26-23(14-21)19-37(31(26)40)28-8-9-29(38)35-30(28)39/h1-7,14-15,18,20,28,33H,8-13,16-17,19H2,(H,35,38,39). The molecule has 1 unspecified atom stereocenters. The van der Waals surface area contributed by atoms with Crippen LogP contribution in [-0.4, -0.2) is 53.3 Å². The van der Waals surface area contributed by atoms with Crippen molar-refractivity contribution < 1.29 is 14.4 Å². The third-order valence-corrected chi connectivity index (χ3v) is 8.43. The molecule has 0 aliphatic carbocycles. The number of carbonyl (C=O) groups excluding carboxylic acids is 3. The van der Waals surface area contributed by atoms with E-state index in [2.05, 4.69) is 38.7 Å². The Hall–Kier alpha value is -3.75. The molecule has 2 fully saturated rings. The van der Waals surface area contributed by atoms with Gasteiger partial charge < -0.3 is 15.1 Å². The number of hydrogen-bond donors (Lipinski definition) is 2. The molecule has 3 amide bonds. The Morgan fingerprint density at radius 2 is 1.85 bits per heavy atom. The molecule has 0 bridgehead atoms. The number of fused-ring (bicyclic) bond motifs is 1. The van der Waals surface area contributed by atoms with Crippen molar-refractivity contribution in [2.75, 3.05) is 24.5 Å². The van der Waals surface area contributed by atoms with Gasteiger partial charge in [0.25, 0.3) is 5.91 Å². The van der Waals surface area contributed by atoms with Gasteiger partial charge in [-0.3, -0.25) is 24.7 Å². The summed E-state index contributed by atoms with van der Waals surface area (Å²) in [5, 5.41) is 6.67. The zero-order valence-electron chi connectivity index (χ0n) is 22.2. The van der Waals surface area contributed by atoms with Gasteiger partial charge in [0.05, 0.1) is 17.6 Å². The maximum Gasteiger partial charge on any atom is 0.255 e. The first kappa shape index (κ1) is 26.5. The molecule has 206 valence electrons. The van der Waals surface area contributed by atoms with Gasteiger partial charge >= 0.3 is 0 Å². The summed E-state index contributed by atoms with van der Waals surface area (Å²) in [6.45, 7) is 4.08. The van der Waals surface area contributed by atoms with Crippen molar-refractivity contribution in [2.24, 2.45) is 5.92 Å². The van der Waals surface area contributed by atoms with Crippen molar-refractivity contribution >= 4 is 35.0 Å². The molecule has 2 N–H and O–H groups in total. The van der Waals surface area contributed by atoms with Crippen molar-refractivity contribution in [3.05, 3.63) is 82.5 Å². The van der Waals surface area contributed by atoms with E-state index in [0.717, 1.165) is 67.1 Å². The molecule has 0 spiro atoms. The first-order chi connectivity index (χ1) is 19.4. The highest BCUT2D eigenvalue weighted by atomic mass is 35.5. The van der Waals surface area contributed by atoms with Gasteiger partial charge in [0, 0.05) is 48.7 Å². The zero-order chi connectivity index (χ0) is 27.6. The molecular formula is C31H32ClN5O3. The predicted molar refractivity (Wildman–Crippen MR) is 154 cm³/mol. The van der Waals surface area contributed by atoms with E-state index in [1.807, 2.05) is 42.6 Å². The molecule has 3 aromatic rings. The normalized spacial score (nSPS) is 19.6. The van der Waals surface area contributed by atoms with E-state index in [-0.39, 0.29) is 24.1 Å². The average Bonchev–Trinajstić information content (AvgIpc) is 3.29. The van der Waals surface area contributed by atoms with Crippen LogP contribution in [-0.2, 0) is 22.7 Å². The molecule has 0 radical (unpaired) electrons. The SMILES string of the molecule is O=C1CCC(N2Cc3cc(CNCC4CCN(c5ccc(-c6cccc(Cl)c6)nc5)CC4)ccc3C2=O)C(=O)N1. The van der Waals surface area contributed by atoms with E-state index in [1.54, 1.807) is 4.90 Å². The quantitative estimate of drug-likeness (QED) is 0.424. The molecule has 3 aliphatic heterocycles. The molecular weight excluding hydrogens is 526 g/mol. The van der Waals surface area contributed by atoms with Gasteiger partial charge in [0.15, 0.2) is 0 Å². The first-order valence-corrected chi connectivity index (χ1v) is 14.3. The van der Waals surface area contributed by atoms with Crippen LogP contribution in [0.25, 0.3) is 11.3 Å². The number of amides is 3. The minimum Gasteiger partial charge on any atom is -0.370 e. The maximum absolute atomic E-state index is 12.9. The monoisotopic (exact) mass is 557 g/mol. The number of nitrogens with one attached hydrogen (secondary N) is 2. The third kappa shape index (κ3) is 5.60. The fourth-order valence-electron chi connectivity index (χ4n) is 5.95. The molecule has 2 aromatic carbocycles. The lowest BCUT2D eigenvalue weighted by Crippen LogP contribution is -2.52. The van der Waals surface area contributed by atoms with Crippen molar-refractivity contribution in [3.8, 4) is 11.3 Å². The Bertz CT molecular complexity index is 1440.